The first-order valence-electron chi connectivity index (χ1n) is 7.00. The number of nitrogens with one attached hydrogen (secondary N) is 2. The molecule has 0 aliphatic heterocycles. The lowest BCUT2D eigenvalue weighted by Gasteiger charge is -2.07. The molecule has 110 valence electrons. The number of aromatic nitrogens is 4. The number of H-pyrrole nitrogens is 1. The molecule has 0 bridgehead atoms. The van der Waals surface area contributed by atoms with Crippen molar-refractivity contribution in [2.75, 3.05) is 5.32 Å². The molecule has 0 atom stereocenters. The lowest BCUT2D eigenvalue weighted by Crippen LogP contribution is -2.07. The number of aryl methyl sites for hydroxylation is 3. The van der Waals surface area contributed by atoms with Gasteiger partial charge < -0.3 is 14.9 Å². The Bertz CT molecular complexity index is 767. The fourth-order valence-electron chi connectivity index (χ4n) is 2.43. The summed E-state index contributed by atoms with van der Waals surface area (Å²) >= 11 is 3.49. The summed E-state index contributed by atoms with van der Waals surface area (Å²) in [6, 6.07) is 6.16. The number of hydrogen-bond acceptors (Lipinski definition) is 3. The Morgan fingerprint density at radius 3 is 2.76 bits per heavy atom. The minimum absolute atomic E-state index is 0.638. The summed E-state index contributed by atoms with van der Waals surface area (Å²) < 4.78 is 3.21. The predicted molar refractivity (Wildman–Crippen MR) is 88.5 cm³/mol. The van der Waals surface area contributed by atoms with Gasteiger partial charge in [-0.3, -0.25) is 0 Å². The second kappa shape index (κ2) is 5.52. The number of halogens is 1. The van der Waals surface area contributed by atoms with Gasteiger partial charge in [0.1, 0.15) is 5.82 Å². The van der Waals surface area contributed by atoms with Crippen molar-refractivity contribution in [1.29, 1.82) is 0 Å². The number of hydrogen-bond donors (Lipinski definition) is 2. The molecule has 3 rings (SSSR count). The first-order chi connectivity index (χ1) is 10.1. The van der Waals surface area contributed by atoms with Crippen molar-refractivity contribution in [1.82, 2.24) is 19.5 Å². The SMILES string of the molecule is CCn1c(NCc2nc(C)c(C)[nH]2)nc2cc(Br)ccc21. The molecule has 0 spiro atoms. The van der Waals surface area contributed by atoms with E-state index >= 15 is 0 Å². The zero-order valence-electron chi connectivity index (χ0n) is 12.4. The Morgan fingerprint density at radius 1 is 1.29 bits per heavy atom. The Morgan fingerprint density at radius 2 is 2.10 bits per heavy atom. The van der Waals surface area contributed by atoms with Gasteiger partial charge in [0.15, 0.2) is 0 Å². The van der Waals surface area contributed by atoms with Gasteiger partial charge >= 0.3 is 0 Å². The summed E-state index contributed by atoms with van der Waals surface area (Å²) in [5, 5.41) is 3.37. The number of fused-ring (bicyclic) bond motifs is 1. The van der Waals surface area contributed by atoms with Crippen molar-refractivity contribution in [2.45, 2.75) is 33.9 Å². The van der Waals surface area contributed by atoms with Crippen LogP contribution in [0, 0.1) is 13.8 Å². The number of rotatable bonds is 4. The molecular weight excluding hydrogens is 330 g/mol. The third kappa shape index (κ3) is 2.68. The van der Waals surface area contributed by atoms with E-state index in [-0.39, 0.29) is 0 Å². The Balaban J connectivity index is 1.89. The average Bonchev–Trinajstić information content (AvgIpc) is 2.96. The second-order valence-electron chi connectivity index (χ2n) is 5.06. The van der Waals surface area contributed by atoms with E-state index in [1.807, 2.05) is 26.0 Å². The lowest BCUT2D eigenvalue weighted by atomic mass is 10.3. The van der Waals surface area contributed by atoms with E-state index in [0.29, 0.717) is 6.54 Å². The number of aromatic amines is 1. The molecule has 21 heavy (non-hydrogen) atoms. The average molecular weight is 348 g/mol. The number of anilines is 1. The maximum Gasteiger partial charge on any atom is 0.204 e. The summed E-state index contributed by atoms with van der Waals surface area (Å²) in [7, 11) is 0. The van der Waals surface area contributed by atoms with Crippen LogP contribution in [-0.2, 0) is 13.1 Å². The molecule has 6 heteroatoms. The van der Waals surface area contributed by atoms with Crippen LogP contribution in [0.25, 0.3) is 11.0 Å². The molecule has 0 saturated heterocycles. The fourth-order valence-corrected chi connectivity index (χ4v) is 2.77. The van der Waals surface area contributed by atoms with Gasteiger partial charge in [-0.05, 0) is 39.0 Å². The molecule has 5 nitrogen and oxygen atoms in total. The van der Waals surface area contributed by atoms with Crippen LogP contribution < -0.4 is 5.32 Å². The quantitative estimate of drug-likeness (QED) is 0.755. The van der Waals surface area contributed by atoms with Crippen LogP contribution in [-0.4, -0.2) is 19.5 Å². The molecule has 2 aromatic heterocycles. The second-order valence-corrected chi connectivity index (χ2v) is 5.98. The van der Waals surface area contributed by atoms with Gasteiger partial charge in [0.2, 0.25) is 5.95 Å². The van der Waals surface area contributed by atoms with Crippen LogP contribution in [0.2, 0.25) is 0 Å². The highest BCUT2D eigenvalue weighted by Crippen LogP contribution is 2.23. The van der Waals surface area contributed by atoms with Gasteiger partial charge in [-0.15, -0.1) is 0 Å². The Kier molecular flexibility index (Phi) is 3.71. The maximum absolute atomic E-state index is 4.67. The summed E-state index contributed by atoms with van der Waals surface area (Å²) in [6.07, 6.45) is 0. The van der Waals surface area contributed by atoms with E-state index in [4.69, 9.17) is 0 Å². The molecule has 0 saturated carbocycles. The molecule has 3 aromatic rings. The van der Waals surface area contributed by atoms with Gasteiger partial charge in [0.25, 0.3) is 0 Å². The molecule has 0 radical (unpaired) electrons. The van der Waals surface area contributed by atoms with Crippen molar-refractivity contribution in [3.63, 3.8) is 0 Å². The van der Waals surface area contributed by atoms with Crippen molar-refractivity contribution in [2.24, 2.45) is 0 Å². The molecular formula is C15H18BrN5. The summed E-state index contributed by atoms with van der Waals surface area (Å²) in [5.74, 6) is 1.80. The van der Waals surface area contributed by atoms with E-state index in [0.717, 1.165) is 45.2 Å². The zero-order chi connectivity index (χ0) is 15.0. The topological polar surface area (TPSA) is 58.5 Å². The van der Waals surface area contributed by atoms with Gasteiger partial charge in [0.05, 0.1) is 23.3 Å². The van der Waals surface area contributed by atoms with Crippen LogP contribution in [0.5, 0.6) is 0 Å². The highest BCUT2D eigenvalue weighted by Gasteiger charge is 2.10. The minimum Gasteiger partial charge on any atom is -0.348 e. The predicted octanol–water partition coefficient (Wildman–Crippen LogP) is 3.77. The van der Waals surface area contributed by atoms with E-state index < -0.39 is 0 Å². The number of nitrogens with zero attached hydrogens (tertiary/aromatic N) is 3. The molecule has 1 aromatic carbocycles. The van der Waals surface area contributed by atoms with Crippen LogP contribution >= 0.6 is 15.9 Å². The monoisotopic (exact) mass is 347 g/mol. The maximum atomic E-state index is 4.67. The van der Waals surface area contributed by atoms with Gasteiger partial charge in [0, 0.05) is 16.7 Å². The van der Waals surface area contributed by atoms with Gasteiger partial charge in [-0.25, -0.2) is 9.97 Å². The molecule has 0 aliphatic carbocycles. The van der Waals surface area contributed by atoms with Gasteiger partial charge in [-0.1, -0.05) is 15.9 Å². The zero-order valence-corrected chi connectivity index (χ0v) is 14.0. The van der Waals surface area contributed by atoms with Crippen molar-refractivity contribution in [3.05, 3.63) is 39.9 Å². The highest BCUT2D eigenvalue weighted by molar-refractivity contribution is 9.10. The summed E-state index contributed by atoms with van der Waals surface area (Å²) in [4.78, 5) is 12.4. The first kappa shape index (κ1) is 14.1. The Hall–Kier alpha value is -1.82. The lowest BCUT2D eigenvalue weighted by molar-refractivity contribution is 0.783. The third-order valence-corrected chi connectivity index (χ3v) is 4.11. The van der Waals surface area contributed by atoms with Crippen molar-refractivity contribution < 1.29 is 0 Å². The van der Waals surface area contributed by atoms with E-state index in [9.17, 15) is 0 Å². The van der Waals surface area contributed by atoms with Crippen LogP contribution in [0.4, 0.5) is 5.95 Å². The largest absolute Gasteiger partial charge is 0.348 e. The summed E-state index contributed by atoms with van der Waals surface area (Å²) in [6.45, 7) is 7.67. The van der Waals surface area contributed by atoms with Crippen LogP contribution in [0.15, 0.2) is 22.7 Å². The van der Waals surface area contributed by atoms with Crippen molar-refractivity contribution in [3.8, 4) is 0 Å². The van der Waals surface area contributed by atoms with Crippen LogP contribution in [0.1, 0.15) is 24.1 Å². The number of benzene rings is 1. The van der Waals surface area contributed by atoms with Gasteiger partial charge in [-0.2, -0.15) is 0 Å². The molecule has 0 fully saturated rings. The molecule has 0 amide bonds. The normalized spacial score (nSPS) is 11.2. The number of imidazole rings is 2. The van der Waals surface area contributed by atoms with E-state index in [1.165, 1.54) is 0 Å². The molecule has 0 unspecified atom stereocenters. The Labute approximate surface area is 131 Å². The highest BCUT2D eigenvalue weighted by atomic mass is 79.9. The first-order valence-corrected chi connectivity index (χ1v) is 7.79. The summed E-state index contributed by atoms with van der Waals surface area (Å²) in [5.41, 5.74) is 4.27. The fraction of sp³-hybridized carbons (Fsp3) is 0.333. The molecule has 0 aliphatic rings. The smallest absolute Gasteiger partial charge is 0.204 e. The molecule has 2 N–H and O–H groups in total. The third-order valence-electron chi connectivity index (χ3n) is 3.62. The van der Waals surface area contributed by atoms with Crippen molar-refractivity contribution >= 4 is 32.9 Å². The van der Waals surface area contributed by atoms with E-state index in [2.05, 4.69) is 53.8 Å². The van der Waals surface area contributed by atoms with E-state index in [1.54, 1.807) is 0 Å². The molecule has 2 heterocycles. The minimum atomic E-state index is 0.638. The van der Waals surface area contributed by atoms with Crippen LogP contribution in [0.3, 0.4) is 0 Å². The standard InChI is InChI=1S/C15H18BrN5/c1-4-21-13-6-5-11(16)7-12(13)20-15(21)17-8-14-18-9(2)10(3)19-14/h5-7H,4,8H2,1-3H3,(H,17,20)(H,18,19).